The number of hydrogen-bond donors (Lipinski definition) is 1. The Balaban J connectivity index is 2.65. The highest BCUT2D eigenvalue weighted by atomic mass is 15.1. The minimum Gasteiger partial charge on any atom is -0.316 e. The lowest BCUT2D eigenvalue weighted by atomic mass is 9.86. The van der Waals surface area contributed by atoms with Crippen molar-refractivity contribution in [1.82, 2.24) is 15.2 Å². The molecule has 0 saturated heterocycles. The standard InChI is InChI=1S/C17H31N3/c1-6-17(5,13-18-7-2)14-20(8-3)12-16-11-9-10-15(4)19-16/h9-11,18H,6-8,12-14H2,1-5H3. The van der Waals surface area contributed by atoms with Crippen molar-refractivity contribution in [2.24, 2.45) is 5.41 Å². The summed E-state index contributed by atoms with van der Waals surface area (Å²) in [5.41, 5.74) is 2.61. The predicted octanol–water partition coefficient (Wildman–Crippen LogP) is 3.24. The van der Waals surface area contributed by atoms with Crippen molar-refractivity contribution in [3.8, 4) is 0 Å². The van der Waals surface area contributed by atoms with Gasteiger partial charge < -0.3 is 5.32 Å². The maximum atomic E-state index is 4.62. The number of hydrogen-bond acceptors (Lipinski definition) is 3. The lowest BCUT2D eigenvalue weighted by molar-refractivity contribution is 0.154. The first-order chi connectivity index (χ1) is 9.53. The Kier molecular flexibility index (Phi) is 7.17. The zero-order valence-electron chi connectivity index (χ0n) is 13.9. The minimum absolute atomic E-state index is 0.329. The second-order valence-electron chi connectivity index (χ2n) is 6.02. The molecule has 0 amide bonds. The minimum atomic E-state index is 0.329. The largest absolute Gasteiger partial charge is 0.316 e. The van der Waals surface area contributed by atoms with Gasteiger partial charge in [-0.25, -0.2) is 0 Å². The van der Waals surface area contributed by atoms with Gasteiger partial charge >= 0.3 is 0 Å². The van der Waals surface area contributed by atoms with Crippen LogP contribution in [0.5, 0.6) is 0 Å². The first-order valence-corrected chi connectivity index (χ1v) is 7.88. The number of rotatable bonds is 9. The zero-order chi connectivity index (χ0) is 15.0. The molecule has 114 valence electrons. The molecule has 0 fully saturated rings. The van der Waals surface area contributed by atoms with Crippen molar-refractivity contribution < 1.29 is 0 Å². The van der Waals surface area contributed by atoms with E-state index in [9.17, 15) is 0 Å². The van der Waals surface area contributed by atoms with E-state index in [-0.39, 0.29) is 0 Å². The topological polar surface area (TPSA) is 28.2 Å². The van der Waals surface area contributed by atoms with Crippen molar-refractivity contribution in [2.45, 2.75) is 47.6 Å². The van der Waals surface area contributed by atoms with Gasteiger partial charge in [0.1, 0.15) is 0 Å². The number of aromatic nitrogens is 1. The van der Waals surface area contributed by atoms with E-state index >= 15 is 0 Å². The monoisotopic (exact) mass is 277 g/mol. The number of aryl methyl sites for hydroxylation is 1. The highest BCUT2D eigenvalue weighted by Gasteiger charge is 2.24. The second kappa shape index (κ2) is 8.38. The molecule has 0 aliphatic rings. The molecule has 20 heavy (non-hydrogen) atoms. The van der Waals surface area contributed by atoms with Crippen LogP contribution in [0.3, 0.4) is 0 Å². The molecule has 1 heterocycles. The van der Waals surface area contributed by atoms with Crippen LogP contribution in [0.15, 0.2) is 18.2 Å². The summed E-state index contributed by atoms with van der Waals surface area (Å²) >= 11 is 0. The average Bonchev–Trinajstić information content (AvgIpc) is 2.44. The van der Waals surface area contributed by atoms with Crippen LogP contribution in [0, 0.1) is 12.3 Å². The normalized spacial score (nSPS) is 14.5. The van der Waals surface area contributed by atoms with Crippen molar-refractivity contribution in [3.63, 3.8) is 0 Å². The van der Waals surface area contributed by atoms with Crippen LogP contribution < -0.4 is 5.32 Å². The molecule has 0 saturated carbocycles. The number of pyridine rings is 1. The molecular weight excluding hydrogens is 246 g/mol. The molecule has 3 heteroatoms. The molecule has 0 aliphatic heterocycles. The van der Waals surface area contributed by atoms with E-state index in [1.54, 1.807) is 0 Å². The third kappa shape index (κ3) is 5.59. The molecule has 1 rings (SSSR count). The Labute approximate surface area is 124 Å². The van der Waals surface area contributed by atoms with E-state index in [1.807, 2.05) is 0 Å². The van der Waals surface area contributed by atoms with Crippen LogP contribution in [-0.2, 0) is 6.54 Å². The van der Waals surface area contributed by atoms with Gasteiger partial charge in [-0.15, -0.1) is 0 Å². The summed E-state index contributed by atoms with van der Waals surface area (Å²) < 4.78 is 0. The highest BCUT2D eigenvalue weighted by molar-refractivity contribution is 5.09. The summed E-state index contributed by atoms with van der Waals surface area (Å²) in [6.07, 6.45) is 1.19. The van der Waals surface area contributed by atoms with E-state index in [4.69, 9.17) is 0 Å². The molecule has 3 nitrogen and oxygen atoms in total. The van der Waals surface area contributed by atoms with Crippen molar-refractivity contribution >= 4 is 0 Å². The van der Waals surface area contributed by atoms with Crippen LogP contribution in [0.25, 0.3) is 0 Å². The summed E-state index contributed by atoms with van der Waals surface area (Å²) in [7, 11) is 0. The molecule has 0 radical (unpaired) electrons. The first kappa shape index (κ1) is 17.1. The Morgan fingerprint density at radius 2 is 2.00 bits per heavy atom. The van der Waals surface area contributed by atoms with Crippen LogP contribution >= 0.6 is 0 Å². The van der Waals surface area contributed by atoms with E-state index in [2.05, 4.69) is 68.0 Å². The lowest BCUT2D eigenvalue weighted by Gasteiger charge is -2.34. The van der Waals surface area contributed by atoms with E-state index in [0.29, 0.717) is 5.41 Å². The zero-order valence-corrected chi connectivity index (χ0v) is 13.9. The second-order valence-corrected chi connectivity index (χ2v) is 6.02. The molecule has 1 unspecified atom stereocenters. The molecule has 1 aromatic rings. The molecule has 0 aliphatic carbocycles. The highest BCUT2D eigenvalue weighted by Crippen LogP contribution is 2.22. The van der Waals surface area contributed by atoms with Crippen molar-refractivity contribution in [3.05, 3.63) is 29.6 Å². The SMILES string of the molecule is CCNCC(C)(CC)CN(CC)Cc1cccc(C)n1. The van der Waals surface area contributed by atoms with E-state index in [0.717, 1.165) is 38.4 Å². The fourth-order valence-electron chi connectivity index (χ4n) is 2.46. The summed E-state index contributed by atoms with van der Waals surface area (Å²) in [6.45, 7) is 16.4. The summed E-state index contributed by atoms with van der Waals surface area (Å²) in [6, 6.07) is 6.29. The van der Waals surface area contributed by atoms with E-state index in [1.165, 1.54) is 12.1 Å². The van der Waals surface area contributed by atoms with Gasteiger partial charge in [-0.2, -0.15) is 0 Å². The van der Waals surface area contributed by atoms with Gasteiger partial charge in [0, 0.05) is 25.3 Å². The maximum Gasteiger partial charge on any atom is 0.0547 e. The number of nitrogens with one attached hydrogen (secondary N) is 1. The van der Waals surface area contributed by atoms with Gasteiger partial charge in [-0.1, -0.05) is 33.8 Å². The predicted molar refractivity (Wildman–Crippen MR) is 86.9 cm³/mol. The summed E-state index contributed by atoms with van der Waals surface area (Å²) in [5, 5.41) is 3.50. The fraction of sp³-hybridized carbons (Fsp3) is 0.706. The molecule has 1 atom stereocenters. The molecule has 0 aromatic carbocycles. The maximum absolute atomic E-state index is 4.62. The van der Waals surface area contributed by atoms with Crippen LogP contribution in [0.2, 0.25) is 0 Å². The summed E-state index contributed by atoms with van der Waals surface area (Å²) in [4.78, 5) is 7.12. The van der Waals surface area contributed by atoms with E-state index < -0.39 is 0 Å². The Morgan fingerprint density at radius 1 is 1.25 bits per heavy atom. The smallest absolute Gasteiger partial charge is 0.0547 e. The summed E-state index contributed by atoms with van der Waals surface area (Å²) in [5.74, 6) is 0. The third-order valence-corrected chi connectivity index (χ3v) is 4.04. The molecule has 1 aromatic heterocycles. The molecule has 0 bridgehead atoms. The first-order valence-electron chi connectivity index (χ1n) is 7.88. The molecular formula is C17H31N3. The van der Waals surface area contributed by atoms with Crippen LogP contribution in [0.4, 0.5) is 0 Å². The number of nitrogens with zero attached hydrogens (tertiary/aromatic N) is 2. The van der Waals surface area contributed by atoms with Crippen LogP contribution in [-0.4, -0.2) is 36.1 Å². The molecule has 1 N–H and O–H groups in total. The quantitative estimate of drug-likeness (QED) is 0.751. The van der Waals surface area contributed by atoms with Gasteiger partial charge in [0.25, 0.3) is 0 Å². The average molecular weight is 277 g/mol. The lowest BCUT2D eigenvalue weighted by Crippen LogP contribution is -2.41. The van der Waals surface area contributed by atoms with Crippen molar-refractivity contribution in [2.75, 3.05) is 26.2 Å². The van der Waals surface area contributed by atoms with Crippen LogP contribution in [0.1, 0.15) is 45.5 Å². The van der Waals surface area contributed by atoms with Crippen molar-refractivity contribution in [1.29, 1.82) is 0 Å². The van der Waals surface area contributed by atoms with Gasteiger partial charge in [0.05, 0.1) is 5.69 Å². The Bertz CT molecular complexity index is 392. The van der Waals surface area contributed by atoms with Gasteiger partial charge in [-0.05, 0) is 44.0 Å². The fourth-order valence-corrected chi connectivity index (χ4v) is 2.46. The molecule has 0 spiro atoms. The van der Waals surface area contributed by atoms with Gasteiger partial charge in [-0.3, -0.25) is 9.88 Å². The Hall–Kier alpha value is -0.930. The Morgan fingerprint density at radius 3 is 2.55 bits per heavy atom. The van der Waals surface area contributed by atoms with Gasteiger partial charge in [0.15, 0.2) is 0 Å². The van der Waals surface area contributed by atoms with Gasteiger partial charge in [0.2, 0.25) is 0 Å². The third-order valence-electron chi connectivity index (χ3n) is 4.04.